The van der Waals surface area contributed by atoms with Crippen LogP contribution < -0.4 is 10.6 Å². The lowest BCUT2D eigenvalue weighted by molar-refractivity contribution is 1.05. The molecule has 0 aliphatic carbocycles. The van der Waals surface area contributed by atoms with Crippen molar-refractivity contribution in [2.45, 2.75) is 0 Å². The van der Waals surface area contributed by atoms with Crippen LogP contribution in [0.5, 0.6) is 0 Å². The zero-order valence-electron chi connectivity index (χ0n) is 7.44. The SMILES string of the molecule is C1=CN[C](SS[C]2C=CC=CN2)C=C1. The van der Waals surface area contributed by atoms with Gasteiger partial charge in [0.05, 0.1) is 0 Å². The molecule has 2 heterocycles. The van der Waals surface area contributed by atoms with Crippen LogP contribution in [-0.4, -0.2) is 0 Å². The van der Waals surface area contributed by atoms with Crippen LogP contribution in [0.25, 0.3) is 0 Å². The lowest BCUT2D eigenvalue weighted by Gasteiger charge is -2.17. The molecule has 0 unspecified atom stereocenters. The van der Waals surface area contributed by atoms with Crippen molar-refractivity contribution in [3.8, 4) is 0 Å². The van der Waals surface area contributed by atoms with E-state index in [1.54, 1.807) is 21.6 Å². The van der Waals surface area contributed by atoms with E-state index in [0.29, 0.717) is 0 Å². The first-order valence-corrected chi connectivity index (χ1v) is 6.38. The van der Waals surface area contributed by atoms with Gasteiger partial charge in [-0.25, -0.2) is 0 Å². The van der Waals surface area contributed by atoms with Gasteiger partial charge < -0.3 is 10.6 Å². The summed E-state index contributed by atoms with van der Waals surface area (Å²) in [6.07, 6.45) is 16.0. The predicted molar refractivity (Wildman–Crippen MR) is 64.5 cm³/mol. The molecule has 72 valence electrons. The van der Waals surface area contributed by atoms with Crippen molar-refractivity contribution in [3.63, 3.8) is 0 Å². The molecule has 2 aliphatic rings. The maximum absolute atomic E-state index is 3.17. The van der Waals surface area contributed by atoms with Crippen LogP contribution in [-0.2, 0) is 0 Å². The minimum Gasteiger partial charge on any atom is -0.370 e. The summed E-state index contributed by atoms with van der Waals surface area (Å²) in [6.45, 7) is 0. The maximum atomic E-state index is 3.17. The second kappa shape index (κ2) is 5.22. The number of allylic oxidation sites excluding steroid dienone is 4. The van der Waals surface area contributed by atoms with Crippen molar-refractivity contribution >= 4 is 21.6 Å². The molecule has 2 radical (unpaired) electrons. The Balaban J connectivity index is 1.72. The van der Waals surface area contributed by atoms with Gasteiger partial charge in [-0.2, -0.15) is 0 Å². The standard InChI is InChI=1S/C10H10N2S2/c1-3-7-11-9(5-1)13-14-10-6-2-4-8-12-10/h1-8,11-12H. The van der Waals surface area contributed by atoms with Gasteiger partial charge in [0.1, 0.15) is 10.7 Å². The first kappa shape index (κ1) is 9.80. The summed E-state index contributed by atoms with van der Waals surface area (Å²) >= 11 is 0. The van der Waals surface area contributed by atoms with E-state index in [2.05, 4.69) is 22.8 Å². The normalized spacial score (nSPS) is 20.9. The van der Waals surface area contributed by atoms with Crippen molar-refractivity contribution in [1.82, 2.24) is 10.6 Å². The lowest BCUT2D eigenvalue weighted by atomic mass is 10.4. The van der Waals surface area contributed by atoms with E-state index in [9.17, 15) is 0 Å². The zero-order valence-corrected chi connectivity index (χ0v) is 9.07. The Bertz CT molecular complexity index is 264. The van der Waals surface area contributed by atoms with Crippen LogP contribution >= 0.6 is 21.6 Å². The van der Waals surface area contributed by atoms with E-state index in [-0.39, 0.29) is 0 Å². The smallest absolute Gasteiger partial charge is 0.150 e. The molecule has 0 aromatic carbocycles. The van der Waals surface area contributed by atoms with E-state index in [1.165, 1.54) is 0 Å². The molecule has 14 heavy (non-hydrogen) atoms. The van der Waals surface area contributed by atoms with Crippen molar-refractivity contribution in [2.24, 2.45) is 0 Å². The molecule has 0 aromatic rings. The molecule has 0 amide bonds. The Kier molecular flexibility index (Phi) is 3.65. The third-order valence-electron chi connectivity index (χ3n) is 1.58. The highest BCUT2D eigenvalue weighted by Crippen LogP contribution is 2.39. The molecule has 2 N–H and O–H groups in total. The summed E-state index contributed by atoms with van der Waals surface area (Å²) in [5.74, 6) is 0. The van der Waals surface area contributed by atoms with Gasteiger partial charge in [-0.05, 0) is 36.7 Å². The predicted octanol–water partition coefficient (Wildman–Crippen LogP) is 2.69. The average molecular weight is 222 g/mol. The maximum Gasteiger partial charge on any atom is 0.150 e. The van der Waals surface area contributed by atoms with Gasteiger partial charge in [-0.3, -0.25) is 0 Å². The van der Waals surface area contributed by atoms with E-state index in [1.807, 2.05) is 36.7 Å². The number of hydrogen-bond acceptors (Lipinski definition) is 4. The number of dihydropyridines is 2. The van der Waals surface area contributed by atoms with Crippen molar-refractivity contribution in [2.75, 3.05) is 0 Å². The topological polar surface area (TPSA) is 24.1 Å². The third kappa shape index (κ3) is 2.89. The molecule has 2 nitrogen and oxygen atoms in total. The van der Waals surface area contributed by atoms with Gasteiger partial charge in [-0.15, -0.1) is 0 Å². The van der Waals surface area contributed by atoms with Crippen LogP contribution in [0.2, 0.25) is 0 Å². The quantitative estimate of drug-likeness (QED) is 0.717. The van der Waals surface area contributed by atoms with E-state index in [4.69, 9.17) is 0 Å². The van der Waals surface area contributed by atoms with Crippen LogP contribution in [0.1, 0.15) is 0 Å². The molecule has 0 fully saturated rings. The van der Waals surface area contributed by atoms with Gasteiger partial charge in [0.15, 0.2) is 0 Å². The molecular weight excluding hydrogens is 212 g/mol. The minimum absolute atomic E-state index is 1.15. The van der Waals surface area contributed by atoms with E-state index >= 15 is 0 Å². The Labute approximate surface area is 92.0 Å². The van der Waals surface area contributed by atoms with E-state index < -0.39 is 0 Å². The van der Waals surface area contributed by atoms with Crippen molar-refractivity contribution < 1.29 is 0 Å². The van der Waals surface area contributed by atoms with Gasteiger partial charge in [0.25, 0.3) is 0 Å². The summed E-state index contributed by atoms with van der Waals surface area (Å²) in [7, 11) is 3.41. The van der Waals surface area contributed by atoms with Crippen molar-refractivity contribution in [1.29, 1.82) is 0 Å². The molecular formula is C10H10N2S2. The van der Waals surface area contributed by atoms with Crippen LogP contribution in [0.3, 0.4) is 0 Å². The van der Waals surface area contributed by atoms with Crippen molar-refractivity contribution in [3.05, 3.63) is 59.6 Å². The fourth-order valence-corrected chi connectivity index (χ4v) is 2.79. The van der Waals surface area contributed by atoms with Gasteiger partial charge in [0.2, 0.25) is 0 Å². The number of rotatable bonds is 3. The first-order valence-electron chi connectivity index (χ1n) is 4.23. The highest BCUT2D eigenvalue weighted by molar-refractivity contribution is 8.78. The number of hydrogen-bond donors (Lipinski definition) is 2. The second-order valence-electron chi connectivity index (χ2n) is 2.62. The highest BCUT2D eigenvalue weighted by atomic mass is 33.1. The third-order valence-corrected chi connectivity index (χ3v) is 3.86. The summed E-state index contributed by atoms with van der Waals surface area (Å²) in [6, 6.07) is 0. The summed E-state index contributed by atoms with van der Waals surface area (Å²) in [4.78, 5) is 0. The Hall–Kier alpha value is -0.740. The molecule has 0 bridgehead atoms. The Morgan fingerprint density at radius 3 is 1.57 bits per heavy atom. The molecule has 0 aromatic heterocycles. The van der Waals surface area contributed by atoms with Crippen LogP contribution in [0, 0.1) is 10.7 Å². The molecule has 0 saturated heterocycles. The summed E-state index contributed by atoms with van der Waals surface area (Å²) in [5.41, 5.74) is 0. The molecule has 0 saturated carbocycles. The van der Waals surface area contributed by atoms with E-state index in [0.717, 1.165) is 10.7 Å². The number of nitrogens with one attached hydrogen (secondary N) is 2. The average Bonchev–Trinajstić information content (AvgIpc) is 2.29. The molecule has 4 heteroatoms. The van der Waals surface area contributed by atoms with Crippen LogP contribution in [0.4, 0.5) is 0 Å². The monoisotopic (exact) mass is 222 g/mol. The first-order chi connectivity index (χ1) is 6.95. The van der Waals surface area contributed by atoms with Crippen LogP contribution in [0.15, 0.2) is 48.9 Å². The fraction of sp³-hybridized carbons (Fsp3) is 0. The van der Waals surface area contributed by atoms with Gasteiger partial charge >= 0.3 is 0 Å². The zero-order chi connectivity index (χ0) is 9.64. The second-order valence-corrected chi connectivity index (χ2v) is 4.83. The minimum atomic E-state index is 1.15. The largest absolute Gasteiger partial charge is 0.370 e. The molecule has 2 aliphatic heterocycles. The molecule has 0 spiro atoms. The Morgan fingerprint density at radius 2 is 1.21 bits per heavy atom. The fourth-order valence-electron chi connectivity index (χ4n) is 0.947. The molecule has 0 atom stereocenters. The summed E-state index contributed by atoms with van der Waals surface area (Å²) < 4.78 is 0. The highest BCUT2D eigenvalue weighted by Gasteiger charge is 2.12. The molecule has 2 rings (SSSR count). The van der Waals surface area contributed by atoms with Gasteiger partial charge in [-0.1, -0.05) is 33.7 Å². The Morgan fingerprint density at radius 1 is 0.714 bits per heavy atom. The summed E-state index contributed by atoms with van der Waals surface area (Å²) in [5, 5.41) is 8.63. The van der Waals surface area contributed by atoms with Gasteiger partial charge in [0, 0.05) is 0 Å². The lowest BCUT2D eigenvalue weighted by Crippen LogP contribution is -2.13.